The van der Waals surface area contributed by atoms with Crippen molar-refractivity contribution < 1.29 is 41.4 Å². The fourth-order valence-electron chi connectivity index (χ4n) is 4.28. The highest BCUT2D eigenvalue weighted by molar-refractivity contribution is 5.94. The Morgan fingerprint density at radius 2 is 1.80 bits per heavy atom. The number of amides is 2. The minimum absolute atomic E-state index is 0.0345. The Morgan fingerprint density at radius 1 is 1.02 bits per heavy atom. The van der Waals surface area contributed by atoms with E-state index in [1.165, 1.54) is 13.1 Å². The Morgan fingerprint density at radius 3 is 2.50 bits per heavy atom. The summed E-state index contributed by atoms with van der Waals surface area (Å²) in [6, 6.07) is 13.5. The molecule has 5 N–H and O–H groups in total. The number of hydrogen-bond donors (Lipinski definition) is 4. The van der Waals surface area contributed by atoms with Crippen LogP contribution in [0.15, 0.2) is 66.9 Å². The SMILES string of the molecule is CCOc1cc(OC(=O)C(F)(F)F)c(F)c(C(Nc2ccc3c(N)nccc3c2)C(=O)NCc2cccc(NC(C)=O)c2)c1. The van der Waals surface area contributed by atoms with E-state index in [2.05, 4.69) is 25.7 Å². The van der Waals surface area contributed by atoms with Crippen molar-refractivity contribution in [1.29, 1.82) is 0 Å². The number of alkyl halides is 3. The maximum absolute atomic E-state index is 15.8. The number of fused-ring (bicyclic) bond motifs is 1. The maximum atomic E-state index is 15.8. The molecule has 14 heteroatoms. The van der Waals surface area contributed by atoms with Crippen LogP contribution in [-0.4, -0.2) is 35.6 Å². The maximum Gasteiger partial charge on any atom is 0.491 e. The van der Waals surface area contributed by atoms with E-state index >= 15 is 4.39 Å². The molecule has 0 radical (unpaired) electrons. The summed E-state index contributed by atoms with van der Waals surface area (Å²) in [6.07, 6.45) is -3.93. The van der Waals surface area contributed by atoms with E-state index in [9.17, 15) is 27.6 Å². The first kappa shape index (κ1) is 31.5. The van der Waals surface area contributed by atoms with Crippen molar-refractivity contribution >= 4 is 45.7 Å². The number of ether oxygens (including phenoxy) is 2. The minimum atomic E-state index is -5.41. The van der Waals surface area contributed by atoms with Gasteiger partial charge in [0.25, 0.3) is 0 Å². The van der Waals surface area contributed by atoms with Gasteiger partial charge in [0.15, 0.2) is 11.6 Å². The molecule has 1 aromatic heterocycles. The van der Waals surface area contributed by atoms with Gasteiger partial charge in [-0.25, -0.2) is 14.2 Å². The smallest absolute Gasteiger partial charge is 0.491 e. The Balaban J connectivity index is 1.74. The van der Waals surface area contributed by atoms with Crippen LogP contribution in [0.1, 0.15) is 31.0 Å². The zero-order chi connectivity index (χ0) is 32.0. The standard InChI is InChI=1S/C30H27F4N5O5/c1-3-43-21-13-23(25(31)24(14-21)44-29(42)30(32,33)34)26(39-20-7-8-22-18(12-20)9-10-36-27(22)35)28(41)37-15-17-5-4-6-19(11-17)38-16(2)40/h4-14,26,39H,3,15H2,1-2H3,(H2,35,36)(H,37,41)(H,38,40). The van der Waals surface area contributed by atoms with Crippen LogP contribution in [0.5, 0.6) is 11.5 Å². The lowest BCUT2D eigenvalue weighted by Crippen LogP contribution is -2.34. The predicted octanol–water partition coefficient (Wildman–Crippen LogP) is 5.25. The van der Waals surface area contributed by atoms with E-state index in [0.29, 0.717) is 27.7 Å². The van der Waals surface area contributed by atoms with Crippen molar-refractivity contribution in [3.63, 3.8) is 0 Å². The molecule has 0 aliphatic rings. The van der Waals surface area contributed by atoms with Gasteiger partial charge in [-0.1, -0.05) is 12.1 Å². The third-order valence-electron chi connectivity index (χ3n) is 6.18. The molecule has 0 aliphatic heterocycles. The molecule has 0 bridgehead atoms. The van der Waals surface area contributed by atoms with Gasteiger partial charge in [-0.05, 0) is 60.3 Å². The van der Waals surface area contributed by atoms with Crippen LogP contribution in [0.4, 0.5) is 34.8 Å². The van der Waals surface area contributed by atoms with Crippen molar-refractivity contribution in [3.8, 4) is 11.5 Å². The minimum Gasteiger partial charge on any atom is -0.494 e. The molecule has 0 aliphatic carbocycles. The number of rotatable bonds is 10. The normalized spacial score (nSPS) is 11.9. The molecule has 230 valence electrons. The second kappa shape index (κ2) is 13.3. The zero-order valence-electron chi connectivity index (χ0n) is 23.4. The number of aromatic nitrogens is 1. The number of halogens is 4. The van der Waals surface area contributed by atoms with E-state index in [1.54, 1.807) is 55.5 Å². The lowest BCUT2D eigenvalue weighted by molar-refractivity contribution is -0.189. The van der Waals surface area contributed by atoms with Gasteiger partial charge >= 0.3 is 12.1 Å². The summed E-state index contributed by atoms with van der Waals surface area (Å²) in [5, 5.41) is 9.46. The van der Waals surface area contributed by atoms with Crippen LogP contribution < -0.4 is 31.2 Å². The van der Waals surface area contributed by atoms with Crippen LogP contribution in [0.2, 0.25) is 0 Å². The number of anilines is 3. The Labute approximate surface area is 248 Å². The molecule has 4 aromatic rings. The summed E-state index contributed by atoms with van der Waals surface area (Å²) in [7, 11) is 0. The number of pyridine rings is 1. The fraction of sp³-hybridized carbons (Fsp3) is 0.200. The predicted molar refractivity (Wildman–Crippen MR) is 154 cm³/mol. The van der Waals surface area contributed by atoms with Crippen molar-refractivity contribution in [1.82, 2.24) is 10.3 Å². The number of benzene rings is 3. The summed E-state index contributed by atoms with van der Waals surface area (Å²) in [6.45, 7) is 2.89. The zero-order valence-corrected chi connectivity index (χ0v) is 23.4. The van der Waals surface area contributed by atoms with Crippen LogP contribution in [0.25, 0.3) is 10.8 Å². The molecule has 2 amide bonds. The third kappa shape index (κ3) is 7.70. The summed E-state index contributed by atoms with van der Waals surface area (Å²) in [4.78, 5) is 40.7. The first-order chi connectivity index (χ1) is 20.8. The van der Waals surface area contributed by atoms with Crippen molar-refractivity contribution in [2.45, 2.75) is 32.6 Å². The third-order valence-corrected chi connectivity index (χ3v) is 6.18. The average molecular weight is 614 g/mol. The van der Waals surface area contributed by atoms with Gasteiger partial charge in [-0.15, -0.1) is 0 Å². The van der Waals surface area contributed by atoms with Crippen molar-refractivity contribution in [3.05, 3.63) is 83.8 Å². The van der Waals surface area contributed by atoms with Gasteiger partial charge < -0.3 is 31.2 Å². The summed E-state index contributed by atoms with van der Waals surface area (Å²) >= 11 is 0. The molecule has 1 unspecified atom stereocenters. The van der Waals surface area contributed by atoms with E-state index in [-0.39, 0.29) is 30.6 Å². The number of nitrogens with zero attached hydrogens (tertiary/aromatic N) is 1. The summed E-state index contributed by atoms with van der Waals surface area (Å²) in [5.41, 5.74) is 6.86. The van der Waals surface area contributed by atoms with Crippen LogP contribution in [-0.2, 0) is 20.9 Å². The molecule has 1 heterocycles. The number of nitrogen functional groups attached to an aromatic ring is 1. The van der Waals surface area contributed by atoms with E-state index in [1.807, 2.05) is 0 Å². The van der Waals surface area contributed by atoms with Gasteiger partial charge in [0, 0.05) is 48.1 Å². The second-order valence-electron chi connectivity index (χ2n) is 9.45. The van der Waals surface area contributed by atoms with Gasteiger partial charge in [0.05, 0.1) is 6.61 Å². The number of nitrogens with two attached hydrogens (primary N) is 1. The van der Waals surface area contributed by atoms with Crippen molar-refractivity contribution in [2.75, 3.05) is 23.0 Å². The topological polar surface area (TPSA) is 145 Å². The molecule has 0 spiro atoms. The van der Waals surface area contributed by atoms with Crippen LogP contribution in [0, 0.1) is 5.82 Å². The molecule has 3 aromatic carbocycles. The summed E-state index contributed by atoms with van der Waals surface area (Å²) < 4.78 is 64.4. The average Bonchev–Trinajstić information content (AvgIpc) is 2.96. The Hall–Kier alpha value is -5.40. The van der Waals surface area contributed by atoms with E-state index < -0.39 is 41.2 Å². The molecule has 44 heavy (non-hydrogen) atoms. The van der Waals surface area contributed by atoms with Crippen LogP contribution in [0.3, 0.4) is 0 Å². The van der Waals surface area contributed by atoms with E-state index in [4.69, 9.17) is 10.5 Å². The molecule has 10 nitrogen and oxygen atoms in total. The fourth-order valence-corrected chi connectivity index (χ4v) is 4.28. The number of nitrogens with one attached hydrogen (secondary N) is 3. The van der Waals surface area contributed by atoms with Crippen LogP contribution >= 0.6 is 0 Å². The largest absolute Gasteiger partial charge is 0.494 e. The number of hydrogen-bond acceptors (Lipinski definition) is 8. The molecule has 4 rings (SSSR count). The monoisotopic (exact) mass is 613 g/mol. The van der Waals surface area contributed by atoms with Crippen molar-refractivity contribution in [2.24, 2.45) is 0 Å². The number of carbonyl (C=O) groups excluding carboxylic acids is 3. The highest BCUT2D eigenvalue weighted by Gasteiger charge is 2.42. The first-order valence-electron chi connectivity index (χ1n) is 13.2. The number of carbonyl (C=O) groups is 3. The van der Waals surface area contributed by atoms with Gasteiger partial charge in [0.2, 0.25) is 11.8 Å². The second-order valence-corrected chi connectivity index (χ2v) is 9.45. The summed E-state index contributed by atoms with van der Waals surface area (Å²) in [5.74, 6) is -6.08. The Bertz CT molecular complexity index is 1710. The highest BCUT2D eigenvalue weighted by atomic mass is 19.4. The molecule has 0 fully saturated rings. The lowest BCUT2D eigenvalue weighted by Gasteiger charge is -2.23. The highest BCUT2D eigenvalue weighted by Crippen LogP contribution is 2.35. The molecular weight excluding hydrogens is 586 g/mol. The van der Waals surface area contributed by atoms with E-state index in [0.717, 1.165) is 12.1 Å². The molecular formula is C30H27F4N5O5. The molecule has 0 saturated heterocycles. The lowest BCUT2D eigenvalue weighted by atomic mass is 10.0. The van der Waals surface area contributed by atoms with Gasteiger partial charge in [-0.3, -0.25) is 9.59 Å². The molecule has 0 saturated carbocycles. The number of esters is 1. The van der Waals surface area contributed by atoms with Gasteiger partial charge in [0.1, 0.15) is 17.6 Å². The van der Waals surface area contributed by atoms with Gasteiger partial charge in [-0.2, -0.15) is 13.2 Å². The quantitative estimate of drug-likeness (QED) is 0.108. The first-order valence-corrected chi connectivity index (χ1v) is 13.2. The Kier molecular flexibility index (Phi) is 9.51. The molecule has 1 atom stereocenters.